The number of halogens is 1. The molecule has 2 aromatic rings. The number of carbonyl (C=O) groups excluding carboxylic acids is 1. The molecule has 0 aliphatic carbocycles. The first kappa shape index (κ1) is 13.6. The van der Waals surface area contributed by atoms with Crippen molar-refractivity contribution in [2.45, 2.75) is 4.90 Å². The summed E-state index contributed by atoms with van der Waals surface area (Å²) in [7, 11) is 0. The monoisotopic (exact) mass is 293 g/mol. The lowest BCUT2D eigenvalue weighted by atomic mass is 10.2. The summed E-state index contributed by atoms with van der Waals surface area (Å²) in [4.78, 5) is 27.3. The zero-order valence-electron chi connectivity index (χ0n) is 9.54. The Balaban J connectivity index is 2.30. The Morgan fingerprint density at radius 1 is 1.11 bits per heavy atom. The Labute approximate surface area is 118 Å². The van der Waals surface area contributed by atoms with Crippen LogP contribution in [0.2, 0.25) is 5.15 Å². The standard InChI is InChI=1S/C13H8ClNO3S/c14-11-9(5-3-7-15-11)13(18)19-10-6-2-1-4-8(10)12(16)17/h1-7H,(H,16,17). The van der Waals surface area contributed by atoms with E-state index in [4.69, 9.17) is 16.7 Å². The van der Waals surface area contributed by atoms with Gasteiger partial charge in [-0.1, -0.05) is 23.7 Å². The Bertz CT molecular complexity index is 645. The van der Waals surface area contributed by atoms with Crippen LogP contribution in [0.5, 0.6) is 0 Å². The van der Waals surface area contributed by atoms with Crippen molar-refractivity contribution in [3.8, 4) is 0 Å². The summed E-state index contributed by atoms with van der Waals surface area (Å²) < 4.78 is 0. The van der Waals surface area contributed by atoms with Crippen molar-refractivity contribution in [1.29, 1.82) is 0 Å². The fourth-order valence-electron chi connectivity index (χ4n) is 1.43. The van der Waals surface area contributed by atoms with Crippen molar-refractivity contribution in [3.63, 3.8) is 0 Å². The number of aromatic carboxylic acids is 1. The number of nitrogens with zero attached hydrogens (tertiary/aromatic N) is 1. The van der Waals surface area contributed by atoms with Crippen LogP contribution in [0.4, 0.5) is 0 Å². The molecule has 0 fully saturated rings. The molecule has 4 nitrogen and oxygen atoms in total. The summed E-state index contributed by atoms with van der Waals surface area (Å²) >= 11 is 6.65. The number of hydrogen-bond acceptors (Lipinski definition) is 4. The molecule has 6 heteroatoms. The molecule has 0 radical (unpaired) electrons. The highest BCUT2D eigenvalue weighted by molar-refractivity contribution is 8.14. The molecule has 1 heterocycles. The number of hydrogen-bond donors (Lipinski definition) is 1. The summed E-state index contributed by atoms with van der Waals surface area (Å²) in [5.74, 6) is -1.08. The third-order valence-corrected chi connectivity index (χ3v) is 3.58. The molecule has 19 heavy (non-hydrogen) atoms. The summed E-state index contributed by atoms with van der Waals surface area (Å²) in [5, 5.41) is 8.80. The lowest BCUT2D eigenvalue weighted by molar-refractivity contribution is 0.0693. The number of carbonyl (C=O) groups is 2. The maximum atomic E-state index is 12.1. The van der Waals surface area contributed by atoms with Gasteiger partial charge in [-0.3, -0.25) is 4.79 Å². The van der Waals surface area contributed by atoms with E-state index in [0.717, 1.165) is 11.8 Å². The minimum atomic E-state index is -1.08. The number of carboxylic acids is 1. The van der Waals surface area contributed by atoms with Crippen LogP contribution in [0, 0.1) is 0 Å². The maximum absolute atomic E-state index is 12.1. The zero-order valence-corrected chi connectivity index (χ0v) is 11.1. The van der Waals surface area contributed by atoms with Gasteiger partial charge >= 0.3 is 5.97 Å². The first-order valence-electron chi connectivity index (χ1n) is 5.24. The van der Waals surface area contributed by atoms with Crippen LogP contribution in [0.3, 0.4) is 0 Å². The van der Waals surface area contributed by atoms with Crippen LogP contribution in [-0.4, -0.2) is 21.2 Å². The van der Waals surface area contributed by atoms with Crippen LogP contribution in [-0.2, 0) is 0 Å². The van der Waals surface area contributed by atoms with Crippen molar-refractivity contribution in [2.75, 3.05) is 0 Å². The minimum Gasteiger partial charge on any atom is -0.478 e. The van der Waals surface area contributed by atoms with Gasteiger partial charge < -0.3 is 5.11 Å². The van der Waals surface area contributed by atoms with Crippen LogP contribution in [0.15, 0.2) is 47.5 Å². The number of carboxylic acid groups (broad SMARTS) is 1. The van der Waals surface area contributed by atoms with Gasteiger partial charge in [0.05, 0.1) is 11.1 Å². The molecule has 0 saturated heterocycles. The highest BCUT2D eigenvalue weighted by Crippen LogP contribution is 2.28. The number of pyridine rings is 1. The van der Waals surface area contributed by atoms with E-state index in [-0.39, 0.29) is 21.4 Å². The molecule has 0 amide bonds. The number of thioether (sulfide) groups is 1. The van der Waals surface area contributed by atoms with Gasteiger partial charge in [-0.15, -0.1) is 0 Å². The minimum absolute atomic E-state index is 0.0841. The third-order valence-electron chi connectivity index (χ3n) is 2.30. The van der Waals surface area contributed by atoms with Crippen molar-refractivity contribution in [3.05, 3.63) is 58.9 Å². The maximum Gasteiger partial charge on any atom is 0.336 e. The van der Waals surface area contributed by atoms with E-state index in [0.29, 0.717) is 4.90 Å². The van der Waals surface area contributed by atoms with Gasteiger partial charge in [0.1, 0.15) is 5.15 Å². The van der Waals surface area contributed by atoms with Crippen LogP contribution >= 0.6 is 23.4 Å². The van der Waals surface area contributed by atoms with Gasteiger partial charge in [0.2, 0.25) is 5.12 Å². The fourth-order valence-corrected chi connectivity index (χ4v) is 2.57. The van der Waals surface area contributed by atoms with E-state index in [9.17, 15) is 9.59 Å². The molecule has 0 bridgehead atoms. The normalized spacial score (nSPS) is 10.2. The fraction of sp³-hybridized carbons (Fsp3) is 0. The SMILES string of the molecule is O=C(O)c1ccccc1SC(=O)c1cccnc1Cl. The molecular weight excluding hydrogens is 286 g/mol. The molecule has 1 N–H and O–H groups in total. The number of benzene rings is 1. The zero-order chi connectivity index (χ0) is 13.8. The van der Waals surface area contributed by atoms with Gasteiger partial charge in [-0.25, -0.2) is 9.78 Å². The van der Waals surface area contributed by atoms with Crippen molar-refractivity contribution >= 4 is 34.4 Å². The Morgan fingerprint density at radius 3 is 2.47 bits per heavy atom. The molecule has 1 aromatic carbocycles. The lowest BCUT2D eigenvalue weighted by Crippen LogP contribution is -2.01. The second-order valence-electron chi connectivity index (χ2n) is 3.53. The predicted octanol–water partition coefficient (Wildman–Crippen LogP) is 3.37. The van der Waals surface area contributed by atoms with Crippen molar-refractivity contribution in [2.24, 2.45) is 0 Å². The van der Waals surface area contributed by atoms with Crippen molar-refractivity contribution in [1.82, 2.24) is 4.98 Å². The largest absolute Gasteiger partial charge is 0.478 e. The summed E-state index contributed by atoms with van der Waals surface area (Å²) in [6, 6.07) is 9.46. The first-order chi connectivity index (χ1) is 9.09. The van der Waals surface area contributed by atoms with Gasteiger partial charge in [0, 0.05) is 11.1 Å². The molecule has 0 saturated carbocycles. The Morgan fingerprint density at radius 2 is 1.79 bits per heavy atom. The van der Waals surface area contributed by atoms with E-state index in [1.165, 1.54) is 12.3 Å². The average molecular weight is 294 g/mol. The average Bonchev–Trinajstić information content (AvgIpc) is 2.39. The molecule has 0 spiro atoms. The van der Waals surface area contributed by atoms with E-state index in [2.05, 4.69) is 4.98 Å². The highest BCUT2D eigenvalue weighted by Gasteiger charge is 2.16. The smallest absolute Gasteiger partial charge is 0.336 e. The van der Waals surface area contributed by atoms with E-state index < -0.39 is 5.97 Å². The van der Waals surface area contributed by atoms with Crippen LogP contribution < -0.4 is 0 Å². The van der Waals surface area contributed by atoms with Crippen LogP contribution in [0.25, 0.3) is 0 Å². The topological polar surface area (TPSA) is 67.3 Å². The predicted molar refractivity (Wildman–Crippen MR) is 72.8 cm³/mol. The van der Waals surface area contributed by atoms with Gasteiger partial charge in [-0.2, -0.15) is 0 Å². The number of rotatable bonds is 3. The highest BCUT2D eigenvalue weighted by atomic mass is 35.5. The number of aromatic nitrogens is 1. The molecule has 0 aliphatic rings. The third kappa shape index (κ3) is 3.13. The molecule has 96 valence electrons. The second kappa shape index (κ2) is 5.86. The Kier molecular flexibility index (Phi) is 4.19. The van der Waals surface area contributed by atoms with E-state index in [1.807, 2.05) is 0 Å². The summed E-state index contributed by atoms with van der Waals surface area (Å²) in [6.45, 7) is 0. The van der Waals surface area contributed by atoms with E-state index >= 15 is 0 Å². The lowest BCUT2D eigenvalue weighted by Gasteiger charge is -2.05. The van der Waals surface area contributed by atoms with Gasteiger partial charge in [-0.05, 0) is 36.0 Å². The molecule has 2 rings (SSSR count). The molecular formula is C13H8ClNO3S. The van der Waals surface area contributed by atoms with Crippen molar-refractivity contribution < 1.29 is 14.7 Å². The summed E-state index contributed by atoms with van der Waals surface area (Å²) in [5.41, 5.74) is 0.343. The van der Waals surface area contributed by atoms with Crippen LogP contribution in [0.1, 0.15) is 20.7 Å². The molecule has 0 aliphatic heterocycles. The summed E-state index contributed by atoms with van der Waals surface area (Å²) in [6.07, 6.45) is 1.48. The molecule has 0 unspecified atom stereocenters. The van der Waals surface area contributed by atoms with Gasteiger partial charge in [0.15, 0.2) is 0 Å². The van der Waals surface area contributed by atoms with E-state index in [1.54, 1.807) is 30.3 Å². The second-order valence-corrected chi connectivity index (χ2v) is 4.91. The molecule has 1 aromatic heterocycles. The first-order valence-corrected chi connectivity index (χ1v) is 6.44. The Hall–Kier alpha value is -1.85. The quantitative estimate of drug-likeness (QED) is 0.694. The molecule has 0 atom stereocenters. The van der Waals surface area contributed by atoms with Gasteiger partial charge in [0.25, 0.3) is 0 Å².